The SMILES string of the molecule is C/C=C/NOCCCC. The molecule has 0 fully saturated rings. The van der Waals surface area contributed by atoms with Gasteiger partial charge in [0.25, 0.3) is 0 Å². The van der Waals surface area contributed by atoms with E-state index in [-0.39, 0.29) is 0 Å². The third-order valence-electron chi connectivity index (χ3n) is 0.918. The quantitative estimate of drug-likeness (QED) is 0.451. The monoisotopic (exact) mass is 129 g/mol. The van der Waals surface area contributed by atoms with Crippen molar-refractivity contribution in [3.63, 3.8) is 0 Å². The van der Waals surface area contributed by atoms with E-state index in [9.17, 15) is 0 Å². The van der Waals surface area contributed by atoms with Gasteiger partial charge in [-0.1, -0.05) is 19.4 Å². The van der Waals surface area contributed by atoms with Crippen LogP contribution in [0.15, 0.2) is 12.3 Å². The average molecular weight is 129 g/mol. The van der Waals surface area contributed by atoms with Crippen LogP contribution >= 0.6 is 0 Å². The largest absolute Gasteiger partial charge is 0.277 e. The van der Waals surface area contributed by atoms with Crippen molar-refractivity contribution in [2.45, 2.75) is 26.7 Å². The van der Waals surface area contributed by atoms with Gasteiger partial charge in [-0.25, -0.2) is 0 Å². The molecule has 54 valence electrons. The van der Waals surface area contributed by atoms with Crippen LogP contribution in [0.5, 0.6) is 0 Å². The van der Waals surface area contributed by atoms with Crippen LogP contribution in [-0.2, 0) is 4.84 Å². The first-order valence-corrected chi connectivity index (χ1v) is 3.40. The molecule has 0 atom stereocenters. The molecule has 0 radical (unpaired) electrons. The summed E-state index contributed by atoms with van der Waals surface area (Å²) in [5, 5.41) is 0. The van der Waals surface area contributed by atoms with Gasteiger partial charge in [-0.3, -0.25) is 10.3 Å². The van der Waals surface area contributed by atoms with Gasteiger partial charge in [-0.05, 0) is 13.3 Å². The van der Waals surface area contributed by atoms with Crippen LogP contribution in [0.25, 0.3) is 0 Å². The van der Waals surface area contributed by atoms with Crippen LogP contribution in [0.2, 0.25) is 0 Å². The predicted molar refractivity (Wildman–Crippen MR) is 38.8 cm³/mol. The smallest absolute Gasteiger partial charge is 0.0745 e. The third kappa shape index (κ3) is 7.50. The number of hydrogen-bond acceptors (Lipinski definition) is 2. The average Bonchev–Trinajstić information content (AvgIpc) is 1.89. The zero-order chi connectivity index (χ0) is 6.95. The summed E-state index contributed by atoms with van der Waals surface area (Å²) < 4.78 is 0. The van der Waals surface area contributed by atoms with Gasteiger partial charge in [0.05, 0.1) is 6.61 Å². The molecule has 0 aliphatic rings. The third-order valence-corrected chi connectivity index (χ3v) is 0.918. The summed E-state index contributed by atoms with van der Waals surface area (Å²) in [6.45, 7) is 4.87. The van der Waals surface area contributed by atoms with Gasteiger partial charge < -0.3 is 0 Å². The Morgan fingerprint density at radius 2 is 2.33 bits per heavy atom. The minimum atomic E-state index is 0.792. The molecule has 2 heteroatoms. The van der Waals surface area contributed by atoms with Gasteiger partial charge >= 0.3 is 0 Å². The van der Waals surface area contributed by atoms with Crippen LogP contribution in [0.4, 0.5) is 0 Å². The number of hydrogen-bond donors (Lipinski definition) is 1. The lowest BCUT2D eigenvalue weighted by Gasteiger charge is -1.98. The minimum absolute atomic E-state index is 0.792. The van der Waals surface area contributed by atoms with E-state index in [2.05, 4.69) is 12.4 Å². The van der Waals surface area contributed by atoms with Crippen LogP contribution in [0.1, 0.15) is 26.7 Å². The number of hydroxylamine groups is 1. The number of allylic oxidation sites excluding steroid dienone is 1. The normalized spacial score (nSPS) is 10.4. The Labute approximate surface area is 56.9 Å². The molecule has 0 spiro atoms. The van der Waals surface area contributed by atoms with Gasteiger partial charge in [0, 0.05) is 6.20 Å². The first kappa shape index (κ1) is 8.50. The minimum Gasteiger partial charge on any atom is -0.277 e. The summed E-state index contributed by atoms with van der Waals surface area (Å²) in [6.07, 6.45) is 5.96. The van der Waals surface area contributed by atoms with E-state index < -0.39 is 0 Å². The van der Waals surface area contributed by atoms with Crippen molar-refractivity contribution in [1.82, 2.24) is 5.48 Å². The zero-order valence-corrected chi connectivity index (χ0v) is 6.18. The van der Waals surface area contributed by atoms with Crippen molar-refractivity contribution in [2.75, 3.05) is 6.61 Å². The van der Waals surface area contributed by atoms with E-state index in [1.54, 1.807) is 6.20 Å². The molecule has 0 aliphatic carbocycles. The Bertz CT molecular complexity index is 71.3. The fourth-order valence-electron chi connectivity index (χ4n) is 0.392. The highest BCUT2D eigenvalue weighted by Gasteiger charge is 1.79. The van der Waals surface area contributed by atoms with E-state index in [0.717, 1.165) is 13.0 Å². The number of unbranched alkanes of at least 4 members (excludes halogenated alkanes) is 1. The van der Waals surface area contributed by atoms with Crippen molar-refractivity contribution in [2.24, 2.45) is 0 Å². The van der Waals surface area contributed by atoms with Gasteiger partial charge in [0.15, 0.2) is 0 Å². The summed E-state index contributed by atoms with van der Waals surface area (Å²) in [5.74, 6) is 0. The highest BCUT2D eigenvalue weighted by Crippen LogP contribution is 1.84. The van der Waals surface area contributed by atoms with Gasteiger partial charge in [-0.15, -0.1) is 0 Å². The second kappa shape index (κ2) is 7.50. The molecule has 0 bridgehead atoms. The molecule has 0 aromatic heterocycles. The molecule has 0 rings (SSSR count). The topological polar surface area (TPSA) is 21.3 Å². The fraction of sp³-hybridized carbons (Fsp3) is 0.714. The summed E-state index contributed by atoms with van der Waals surface area (Å²) in [6, 6.07) is 0. The summed E-state index contributed by atoms with van der Waals surface area (Å²) in [5.41, 5.74) is 2.69. The van der Waals surface area contributed by atoms with E-state index in [0.29, 0.717) is 0 Å². The van der Waals surface area contributed by atoms with E-state index >= 15 is 0 Å². The highest BCUT2D eigenvalue weighted by molar-refractivity contribution is 4.68. The summed E-state index contributed by atoms with van der Waals surface area (Å²) in [4.78, 5) is 4.98. The predicted octanol–water partition coefficient (Wildman–Crippen LogP) is 1.84. The van der Waals surface area contributed by atoms with Gasteiger partial charge in [0.1, 0.15) is 0 Å². The standard InChI is InChI=1S/C7H15NO/c1-3-5-7-9-8-6-4-2/h4,6,8H,3,5,7H2,1-2H3/b6-4+. The Hall–Kier alpha value is -0.500. The van der Waals surface area contributed by atoms with Crippen LogP contribution < -0.4 is 5.48 Å². The molecule has 2 nitrogen and oxygen atoms in total. The number of nitrogens with one attached hydrogen (secondary N) is 1. The lowest BCUT2D eigenvalue weighted by molar-refractivity contribution is 0.0690. The molecule has 0 aliphatic heterocycles. The second-order valence-corrected chi connectivity index (χ2v) is 1.82. The molecule has 0 saturated carbocycles. The second-order valence-electron chi connectivity index (χ2n) is 1.82. The van der Waals surface area contributed by atoms with Crippen molar-refractivity contribution in [1.29, 1.82) is 0 Å². The zero-order valence-electron chi connectivity index (χ0n) is 6.18. The molecule has 0 aromatic rings. The molecule has 0 unspecified atom stereocenters. The Balaban J connectivity index is 2.75. The van der Waals surface area contributed by atoms with Crippen LogP contribution in [0.3, 0.4) is 0 Å². The maximum absolute atomic E-state index is 4.98. The summed E-state index contributed by atoms with van der Waals surface area (Å²) >= 11 is 0. The molecule has 0 aromatic carbocycles. The van der Waals surface area contributed by atoms with E-state index in [4.69, 9.17) is 4.84 Å². The fourth-order valence-corrected chi connectivity index (χ4v) is 0.392. The molecule has 0 heterocycles. The van der Waals surface area contributed by atoms with Crippen LogP contribution in [-0.4, -0.2) is 6.61 Å². The molecular weight excluding hydrogens is 114 g/mol. The number of rotatable bonds is 5. The van der Waals surface area contributed by atoms with Crippen molar-refractivity contribution in [3.05, 3.63) is 12.3 Å². The lowest BCUT2D eigenvalue weighted by Crippen LogP contribution is -2.06. The molecule has 0 saturated heterocycles. The Morgan fingerprint density at radius 3 is 2.89 bits per heavy atom. The maximum Gasteiger partial charge on any atom is 0.0745 e. The van der Waals surface area contributed by atoms with Crippen molar-refractivity contribution in [3.8, 4) is 0 Å². The summed E-state index contributed by atoms with van der Waals surface area (Å²) in [7, 11) is 0. The first-order chi connectivity index (χ1) is 4.41. The first-order valence-electron chi connectivity index (χ1n) is 3.40. The highest BCUT2D eigenvalue weighted by atomic mass is 16.6. The molecular formula is C7H15NO. The molecule has 1 N–H and O–H groups in total. The lowest BCUT2D eigenvalue weighted by atomic mass is 10.4. The maximum atomic E-state index is 4.98. The van der Waals surface area contributed by atoms with Crippen LogP contribution in [0, 0.1) is 0 Å². The molecule has 0 amide bonds. The van der Waals surface area contributed by atoms with Crippen molar-refractivity contribution < 1.29 is 4.84 Å². The Kier molecular flexibility index (Phi) is 7.08. The Morgan fingerprint density at radius 1 is 1.56 bits per heavy atom. The van der Waals surface area contributed by atoms with Gasteiger partial charge in [-0.2, -0.15) is 0 Å². The van der Waals surface area contributed by atoms with Crippen molar-refractivity contribution >= 4 is 0 Å². The van der Waals surface area contributed by atoms with E-state index in [1.165, 1.54) is 6.42 Å². The van der Waals surface area contributed by atoms with Gasteiger partial charge in [0.2, 0.25) is 0 Å². The molecule has 9 heavy (non-hydrogen) atoms. The van der Waals surface area contributed by atoms with E-state index in [1.807, 2.05) is 13.0 Å².